The second-order valence-electron chi connectivity index (χ2n) is 6.61. The highest BCUT2D eigenvalue weighted by atomic mass is 16.4. The molecule has 1 aromatic rings. The lowest BCUT2D eigenvalue weighted by molar-refractivity contribution is -0.305. The Kier molecular flexibility index (Phi) is 4.92. The van der Waals surface area contributed by atoms with Gasteiger partial charge in [0.1, 0.15) is 6.04 Å². The quantitative estimate of drug-likeness (QED) is 0.793. The van der Waals surface area contributed by atoms with Gasteiger partial charge in [-0.05, 0) is 38.3 Å². The standard InChI is InChI=1S/C18H21N3O5/c1-11-5-7-12(8-6-11)21-17(25)16-13(19-18(21)26)9-10-20(16)14(22)3-2-4-15(23)24/h5-8,13,16H,2-4,9-10H2,1H3,(H,19,26)(H,23,24)/p-1/t13-,16+/m1/s1. The number of aliphatic carboxylic acids is 1. The van der Waals surface area contributed by atoms with Gasteiger partial charge in [0.15, 0.2) is 0 Å². The number of benzene rings is 1. The number of carboxylic acids is 1. The summed E-state index contributed by atoms with van der Waals surface area (Å²) in [5.41, 5.74) is 1.45. The van der Waals surface area contributed by atoms with Crippen molar-refractivity contribution in [1.29, 1.82) is 0 Å². The van der Waals surface area contributed by atoms with Crippen molar-refractivity contribution in [3.8, 4) is 0 Å². The molecular weight excluding hydrogens is 338 g/mol. The maximum absolute atomic E-state index is 13.0. The number of carbonyl (C=O) groups is 4. The first kappa shape index (κ1) is 17.9. The minimum Gasteiger partial charge on any atom is -0.550 e. The summed E-state index contributed by atoms with van der Waals surface area (Å²) in [6, 6.07) is 5.32. The van der Waals surface area contributed by atoms with Crippen LogP contribution in [0.25, 0.3) is 0 Å². The third kappa shape index (κ3) is 3.40. The van der Waals surface area contributed by atoms with Crippen LogP contribution in [0.1, 0.15) is 31.2 Å². The van der Waals surface area contributed by atoms with Crippen LogP contribution in [-0.4, -0.2) is 47.3 Å². The summed E-state index contributed by atoms with van der Waals surface area (Å²) in [5, 5.41) is 13.3. The van der Waals surface area contributed by atoms with Crippen molar-refractivity contribution >= 4 is 29.5 Å². The van der Waals surface area contributed by atoms with Crippen LogP contribution in [-0.2, 0) is 14.4 Å². The summed E-state index contributed by atoms with van der Waals surface area (Å²) in [5.74, 6) is -1.93. The summed E-state index contributed by atoms with van der Waals surface area (Å²) in [6.45, 7) is 2.26. The normalized spacial score (nSPS) is 22.2. The summed E-state index contributed by atoms with van der Waals surface area (Å²) in [7, 11) is 0. The van der Waals surface area contributed by atoms with Gasteiger partial charge in [0, 0.05) is 18.9 Å². The van der Waals surface area contributed by atoms with E-state index in [1.54, 1.807) is 24.3 Å². The number of rotatable bonds is 5. The molecule has 2 aliphatic heterocycles. The molecule has 0 saturated carbocycles. The Balaban J connectivity index is 1.77. The number of imide groups is 1. The van der Waals surface area contributed by atoms with Crippen molar-refractivity contribution in [2.75, 3.05) is 11.4 Å². The van der Waals surface area contributed by atoms with Crippen molar-refractivity contribution in [2.45, 2.75) is 44.7 Å². The van der Waals surface area contributed by atoms with Crippen LogP contribution in [0, 0.1) is 6.92 Å². The van der Waals surface area contributed by atoms with Gasteiger partial charge in [0.2, 0.25) is 5.91 Å². The van der Waals surface area contributed by atoms with E-state index in [9.17, 15) is 24.3 Å². The van der Waals surface area contributed by atoms with Crippen LogP contribution in [0.4, 0.5) is 10.5 Å². The number of amides is 4. The highest BCUT2D eigenvalue weighted by Crippen LogP contribution is 2.28. The van der Waals surface area contributed by atoms with Crippen LogP contribution < -0.4 is 15.3 Å². The molecule has 0 unspecified atom stereocenters. The number of anilines is 1. The van der Waals surface area contributed by atoms with Gasteiger partial charge in [-0.2, -0.15) is 0 Å². The molecule has 8 nitrogen and oxygen atoms in total. The van der Waals surface area contributed by atoms with E-state index in [1.807, 2.05) is 6.92 Å². The predicted molar refractivity (Wildman–Crippen MR) is 90.0 cm³/mol. The Morgan fingerprint density at radius 3 is 2.54 bits per heavy atom. The topological polar surface area (TPSA) is 110 Å². The molecule has 0 radical (unpaired) electrons. The Morgan fingerprint density at radius 2 is 1.88 bits per heavy atom. The van der Waals surface area contributed by atoms with E-state index in [2.05, 4.69) is 5.32 Å². The fourth-order valence-electron chi connectivity index (χ4n) is 3.45. The lowest BCUT2D eigenvalue weighted by atomic mass is 10.0. The van der Waals surface area contributed by atoms with Crippen molar-refractivity contribution < 1.29 is 24.3 Å². The van der Waals surface area contributed by atoms with E-state index in [1.165, 1.54) is 4.90 Å². The average Bonchev–Trinajstić information content (AvgIpc) is 3.00. The van der Waals surface area contributed by atoms with Crippen molar-refractivity contribution in [3.05, 3.63) is 29.8 Å². The molecule has 1 N–H and O–H groups in total. The molecule has 0 aliphatic carbocycles. The Morgan fingerprint density at radius 1 is 1.19 bits per heavy atom. The van der Waals surface area contributed by atoms with Crippen LogP contribution in [0.5, 0.6) is 0 Å². The molecular formula is C18H20N3O5-. The molecule has 2 fully saturated rings. The van der Waals surface area contributed by atoms with Gasteiger partial charge >= 0.3 is 6.03 Å². The van der Waals surface area contributed by atoms with E-state index in [0.717, 1.165) is 10.5 Å². The highest BCUT2D eigenvalue weighted by molar-refractivity contribution is 6.19. The van der Waals surface area contributed by atoms with Crippen molar-refractivity contribution in [1.82, 2.24) is 10.2 Å². The number of carbonyl (C=O) groups excluding carboxylic acids is 4. The fraction of sp³-hybridized carbons (Fsp3) is 0.444. The van der Waals surface area contributed by atoms with Gasteiger partial charge in [-0.3, -0.25) is 9.59 Å². The third-order valence-corrected chi connectivity index (χ3v) is 4.77. The van der Waals surface area contributed by atoms with Crippen LogP contribution >= 0.6 is 0 Å². The smallest absolute Gasteiger partial charge is 0.329 e. The molecule has 138 valence electrons. The van der Waals surface area contributed by atoms with Gasteiger partial charge < -0.3 is 20.1 Å². The molecule has 26 heavy (non-hydrogen) atoms. The number of urea groups is 1. The van der Waals surface area contributed by atoms with Gasteiger partial charge in [-0.15, -0.1) is 0 Å². The fourth-order valence-corrected chi connectivity index (χ4v) is 3.45. The third-order valence-electron chi connectivity index (χ3n) is 4.77. The van der Waals surface area contributed by atoms with E-state index in [0.29, 0.717) is 18.7 Å². The number of nitrogens with zero attached hydrogens (tertiary/aromatic N) is 2. The maximum Gasteiger partial charge on any atom is 0.329 e. The lowest BCUT2D eigenvalue weighted by Gasteiger charge is -2.37. The molecule has 3 rings (SSSR count). The SMILES string of the molecule is Cc1ccc(N2C(=O)N[C@@H]3CCN(C(=O)CCCC(=O)[O-])[C@@H]3C2=O)cc1. The molecule has 2 saturated heterocycles. The van der Waals surface area contributed by atoms with Crippen molar-refractivity contribution in [3.63, 3.8) is 0 Å². The van der Waals surface area contributed by atoms with E-state index >= 15 is 0 Å². The first-order chi connectivity index (χ1) is 12.4. The molecule has 0 spiro atoms. The number of hydrogen-bond acceptors (Lipinski definition) is 5. The summed E-state index contributed by atoms with van der Waals surface area (Å²) < 4.78 is 0. The molecule has 2 heterocycles. The molecule has 2 atom stereocenters. The predicted octanol–water partition coefficient (Wildman–Crippen LogP) is -0.0591. The Labute approximate surface area is 150 Å². The zero-order chi connectivity index (χ0) is 18.8. The molecule has 0 aromatic heterocycles. The van der Waals surface area contributed by atoms with Crippen LogP contribution in [0.15, 0.2) is 24.3 Å². The van der Waals surface area contributed by atoms with Crippen LogP contribution in [0.3, 0.4) is 0 Å². The minimum atomic E-state index is -1.20. The largest absolute Gasteiger partial charge is 0.550 e. The van der Waals surface area contributed by atoms with Gasteiger partial charge in [-0.1, -0.05) is 17.7 Å². The zero-order valence-electron chi connectivity index (χ0n) is 14.4. The van der Waals surface area contributed by atoms with Gasteiger partial charge in [0.25, 0.3) is 5.91 Å². The first-order valence-electron chi connectivity index (χ1n) is 8.59. The van der Waals surface area contributed by atoms with Gasteiger partial charge in [-0.25, -0.2) is 9.69 Å². The summed E-state index contributed by atoms with van der Waals surface area (Å²) in [4.78, 5) is 50.8. The second-order valence-corrected chi connectivity index (χ2v) is 6.61. The first-order valence-corrected chi connectivity index (χ1v) is 8.59. The lowest BCUT2D eigenvalue weighted by Crippen LogP contribution is -2.65. The molecule has 1 aromatic carbocycles. The molecule has 0 bridgehead atoms. The number of hydrogen-bond donors (Lipinski definition) is 1. The number of carboxylic acid groups (broad SMARTS) is 1. The van der Waals surface area contributed by atoms with Crippen LogP contribution in [0.2, 0.25) is 0 Å². The molecule has 4 amide bonds. The molecule has 8 heteroatoms. The summed E-state index contributed by atoms with van der Waals surface area (Å²) in [6.07, 6.45) is 0.490. The monoisotopic (exact) mass is 358 g/mol. The van der Waals surface area contributed by atoms with E-state index in [-0.39, 0.29) is 25.2 Å². The van der Waals surface area contributed by atoms with Crippen molar-refractivity contribution in [2.24, 2.45) is 0 Å². The summed E-state index contributed by atoms with van der Waals surface area (Å²) >= 11 is 0. The number of aryl methyl sites for hydroxylation is 1. The van der Waals surface area contributed by atoms with Gasteiger partial charge in [0.05, 0.1) is 11.7 Å². The number of fused-ring (bicyclic) bond motifs is 1. The average molecular weight is 358 g/mol. The Bertz CT molecular complexity index is 746. The highest BCUT2D eigenvalue weighted by Gasteiger charge is 2.49. The van der Waals surface area contributed by atoms with E-state index in [4.69, 9.17) is 0 Å². The zero-order valence-corrected chi connectivity index (χ0v) is 14.4. The molecule has 2 aliphatic rings. The van der Waals surface area contributed by atoms with E-state index < -0.39 is 30.0 Å². The second kappa shape index (κ2) is 7.15. The maximum atomic E-state index is 13.0. The Hall–Kier alpha value is -2.90. The number of nitrogens with one attached hydrogen (secondary N) is 1. The minimum absolute atomic E-state index is 0.0307. The number of likely N-dealkylation sites (tertiary alicyclic amines) is 1.